The Balaban J connectivity index is 3.74. The third-order valence-electron chi connectivity index (χ3n) is 2.31. The monoisotopic (exact) mass is 247 g/mol. The van der Waals surface area contributed by atoms with E-state index in [0.29, 0.717) is 24.7 Å². The van der Waals surface area contributed by atoms with Crippen LogP contribution in [0.4, 0.5) is 0 Å². The second-order valence-electron chi connectivity index (χ2n) is 3.69. The van der Waals surface area contributed by atoms with Gasteiger partial charge in [-0.15, -0.1) is 0 Å². The molecule has 0 aromatic carbocycles. The van der Waals surface area contributed by atoms with Gasteiger partial charge in [0.15, 0.2) is 0 Å². The molecule has 0 heterocycles. The maximum absolute atomic E-state index is 11.5. The fraction of sp³-hybridized carbons (Fsp3) is 0.800. The van der Waals surface area contributed by atoms with E-state index in [4.69, 9.17) is 22.7 Å². The molecule has 0 fully saturated rings. The van der Waals surface area contributed by atoms with E-state index in [1.165, 1.54) is 0 Å². The number of rotatable bonds is 8. The molecule has 0 aromatic rings. The Kier molecular flexibility index (Phi) is 8.05. The van der Waals surface area contributed by atoms with Gasteiger partial charge in [-0.1, -0.05) is 12.2 Å². The molecule has 0 aromatic heterocycles. The highest BCUT2D eigenvalue weighted by atomic mass is 32.1. The average Bonchev–Trinajstić information content (AvgIpc) is 2.23. The van der Waals surface area contributed by atoms with Gasteiger partial charge in [0.25, 0.3) is 0 Å². The molecule has 1 atom stereocenters. The van der Waals surface area contributed by atoms with Crippen molar-refractivity contribution in [2.75, 3.05) is 33.9 Å². The van der Waals surface area contributed by atoms with Crippen molar-refractivity contribution in [1.29, 1.82) is 0 Å². The van der Waals surface area contributed by atoms with Gasteiger partial charge in [0.1, 0.15) is 0 Å². The lowest BCUT2D eigenvalue weighted by Crippen LogP contribution is -2.44. The summed E-state index contributed by atoms with van der Waals surface area (Å²) in [7, 11) is 3.46. The van der Waals surface area contributed by atoms with Crippen molar-refractivity contribution >= 4 is 23.1 Å². The highest BCUT2D eigenvalue weighted by Gasteiger charge is 2.14. The molecule has 3 N–H and O–H groups in total. The van der Waals surface area contributed by atoms with Crippen LogP contribution in [0, 0.1) is 0 Å². The molecule has 0 saturated heterocycles. The summed E-state index contributed by atoms with van der Waals surface area (Å²) in [5.74, 6) is -0.0262. The van der Waals surface area contributed by atoms with Gasteiger partial charge in [0.2, 0.25) is 5.91 Å². The standard InChI is InChI=1S/C10H21N3O2S/c1-8(10(11)16)13(2)7-9(14)12-5-4-6-15-3/h8H,4-7H2,1-3H3,(H2,11,16)(H,12,14). The summed E-state index contributed by atoms with van der Waals surface area (Å²) in [4.78, 5) is 13.7. The molecule has 0 aliphatic rings. The second-order valence-corrected chi connectivity index (χ2v) is 4.16. The molecule has 6 heteroatoms. The summed E-state index contributed by atoms with van der Waals surface area (Å²) in [6, 6.07) is -0.0697. The van der Waals surface area contributed by atoms with Gasteiger partial charge in [-0.3, -0.25) is 9.69 Å². The molecule has 0 bridgehead atoms. The quantitative estimate of drug-likeness (QED) is 0.457. The number of ether oxygens (including phenoxy) is 1. The first-order chi connectivity index (χ1) is 7.49. The first-order valence-corrected chi connectivity index (χ1v) is 5.65. The van der Waals surface area contributed by atoms with E-state index in [9.17, 15) is 4.79 Å². The van der Waals surface area contributed by atoms with E-state index in [1.807, 2.05) is 18.9 Å². The van der Waals surface area contributed by atoms with Crippen LogP contribution in [0.3, 0.4) is 0 Å². The van der Waals surface area contributed by atoms with Crippen LogP contribution in [0.15, 0.2) is 0 Å². The molecule has 94 valence electrons. The predicted octanol–water partition coefficient (Wildman–Crippen LogP) is -0.254. The molecule has 0 spiro atoms. The Bertz CT molecular complexity index is 236. The third kappa shape index (κ3) is 6.71. The van der Waals surface area contributed by atoms with Crippen molar-refractivity contribution in [3.8, 4) is 0 Å². The van der Waals surface area contributed by atoms with Crippen LogP contribution in [-0.2, 0) is 9.53 Å². The van der Waals surface area contributed by atoms with Crippen LogP contribution < -0.4 is 11.1 Å². The van der Waals surface area contributed by atoms with Crippen LogP contribution in [0.2, 0.25) is 0 Å². The minimum Gasteiger partial charge on any atom is -0.392 e. The Labute approximate surface area is 102 Å². The zero-order valence-corrected chi connectivity index (χ0v) is 11.0. The number of thiocarbonyl (C=S) groups is 1. The summed E-state index contributed by atoms with van der Waals surface area (Å²) in [6.45, 7) is 3.45. The molecule has 0 aliphatic heterocycles. The number of carbonyl (C=O) groups is 1. The maximum atomic E-state index is 11.5. The summed E-state index contributed by atoms with van der Waals surface area (Å²) >= 11 is 4.86. The molecule has 0 radical (unpaired) electrons. The first kappa shape index (κ1) is 15.3. The van der Waals surface area contributed by atoms with Gasteiger partial charge in [-0.25, -0.2) is 0 Å². The second kappa shape index (κ2) is 8.43. The van der Waals surface area contributed by atoms with Gasteiger partial charge in [-0.05, 0) is 20.4 Å². The number of likely N-dealkylation sites (N-methyl/N-ethyl adjacent to an activating group) is 1. The topological polar surface area (TPSA) is 67.6 Å². The molecule has 1 unspecified atom stereocenters. The Morgan fingerprint density at radius 1 is 1.62 bits per heavy atom. The summed E-state index contributed by atoms with van der Waals surface area (Å²) < 4.78 is 4.88. The first-order valence-electron chi connectivity index (χ1n) is 5.24. The van der Waals surface area contributed by atoms with E-state index < -0.39 is 0 Å². The lowest BCUT2D eigenvalue weighted by atomic mass is 10.3. The number of nitrogens with one attached hydrogen (secondary N) is 1. The predicted molar refractivity (Wildman–Crippen MR) is 68.4 cm³/mol. The number of hydrogen-bond donors (Lipinski definition) is 2. The average molecular weight is 247 g/mol. The van der Waals surface area contributed by atoms with Crippen LogP contribution in [-0.4, -0.2) is 55.7 Å². The van der Waals surface area contributed by atoms with Gasteiger partial charge >= 0.3 is 0 Å². The normalized spacial score (nSPS) is 12.5. The minimum absolute atomic E-state index is 0.0262. The molecule has 5 nitrogen and oxygen atoms in total. The smallest absolute Gasteiger partial charge is 0.234 e. The molecule has 1 amide bonds. The van der Waals surface area contributed by atoms with Crippen molar-refractivity contribution < 1.29 is 9.53 Å². The molecule has 0 rings (SSSR count). The molecule has 0 aliphatic carbocycles. The van der Waals surface area contributed by atoms with Gasteiger partial charge in [0.05, 0.1) is 17.6 Å². The van der Waals surface area contributed by atoms with Gasteiger partial charge in [0, 0.05) is 20.3 Å². The lowest BCUT2D eigenvalue weighted by Gasteiger charge is -2.22. The van der Waals surface area contributed by atoms with Crippen LogP contribution in [0.1, 0.15) is 13.3 Å². The van der Waals surface area contributed by atoms with E-state index in [-0.39, 0.29) is 11.9 Å². The number of hydrogen-bond acceptors (Lipinski definition) is 4. The zero-order chi connectivity index (χ0) is 12.6. The van der Waals surface area contributed by atoms with Crippen molar-refractivity contribution in [2.45, 2.75) is 19.4 Å². The number of carbonyl (C=O) groups excluding carboxylic acids is 1. The number of nitrogens with two attached hydrogens (primary N) is 1. The summed E-state index contributed by atoms with van der Waals surface area (Å²) in [5.41, 5.74) is 5.49. The Morgan fingerprint density at radius 2 is 2.25 bits per heavy atom. The Morgan fingerprint density at radius 3 is 2.75 bits per heavy atom. The van der Waals surface area contributed by atoms with Gasteiger partial charge < -0.3 is 15.8 Å². The molecular weight excluding hydrogens is 226 g/mol. The van der Waals surface area contributed by atoms with Gasteiger partial charge in [-0.2, -0.15) is 0 Å². The highest BCUT2D eigenvalue weighted by molar-refractivity contribution is 7.80. The van der Waals surface area contributed by atoms with Crippen LogP contribution >= 0.6 is 12.2 Å². The minimum atomic E-state index is -0.0697. The van der Waals surface area contributed by atoms with E-state index in [0.717, 1.165) is 6.42 Å². The SMILES string of the molecule is COCCCNC(=O)CN(C)C(C)C(N)=S. The molecule has 0 saturated carbocycles. The largest absolute Gasteiger partial charge is 0.392 e. The third-order valence-corrected chi connectivity index (χ3v) is 2.65. The lowest BCUT2D eigenvalue weighted by molar-refractivity contribution is -0.122. The van der Waals surface area contributed by atoms with Crippen molar-refractivity contribution in [2.24, 2.45) is 5.73 Å². The van der Waals surface area contributed by atoms with Crippen LogP contribution in [0.5, 0.6) is 0 Å². The highest BCUT2D eigenvalue weighted by Crippen LogP contribution is 1.94. The molecular formula is C10H21N3O2S. The van der Waals surface area contributed by atoms with E-state index in [2.05, 4.69) is 5.32 Å². The van der Waals surface area contributed by atoms with E-state index >= 15 is 0 Å². The Hall–Kier alpha value is -0.720. The molecule has 16 heavy (non-hydrogen) atoms. The number of nitrogens with zero attached hydrogens (tertiary/aromatic N) is 1. The van der Waals surface area contributed by atoms with Crippen molar-refractivity contribution in [3.63, 3.8) is 0 Å². The summed E-state index contributed by atoms with van der Waals surface area (Å²) in [5, 5.41) is 2.80. The number of amides is 1. The maximum Gasteiger partial charge on any atom is 0.234 e. The summed E-state index contributed by atoms with van der Waals surface area (Å²) in [6.07, 6.45) is 0.816. The fourth-order valence-electron chi connectivity index (χ4n) is 1.08. The van der Waals surface area contributed by atoms with E-state index in [1.54, 1.807) is 7.11 Å². The fourth-order valence-corrected chi connectivity index (χ4v) is 1.26. The van der Waals surface area contributed by atoms with Crippen molar-refractivity contribution in [3.05, 3.63) is 0 Å². The van der Waals surface area contributed by atoms with Crippen molar-refractivity contribution in [1.82, 2.24) is 10.2 Å². The zero-order valence-electron chi connectivity index (χ0n) is 10.2. The van der Waals surface area contributed by atoms with Crippen LogP contribution in [0.25, 0.3) is 0 Å². The number of methoxy groups -OCH3 is 1.